The van der Waals surface area contributed by atoms with Crippen LogP contribution in [-0.4, -0.2) is 28.5 Å². The Morgan fingerprint density at radius 1 is 1.28 bits per heavy atom. The molecule has 2 aromatic heterocycles. The molecular weight excluding hydrogens is 333 g/mol. The Labute approximate surface area is 142 Å². The molecule has 0 radical (unpaired) electrons. The number of hydrogen-bond acceptors (Lipinski definition) is 4. The molecule has 25 heavy (non-hydrogen) atoms. The molecule has 1 aliphatic heterocycles. The van der Waals surface area contributed by atoms with Crippen LogP contribution in [0.1, 0.15) is 24.1 Å². The number of amides is 1. The van der Waals surface area contributed by atoms with E-state index in [9.17, 15) is 18.0 Å². The van der Waals surface area contributed by atoms with Crippen LogP contribution >= 0.6 is 0 Å². The van der Waals surface area contributed by atoms with E-state index in [1.807, 2.05) is 0 Å². The number of carbonyl (C=O) groups excluding carboxylic acids is 1. The number of halogens is 3. The zero-order valence-corrected chi connectivity index (χ0v) is 13.3. The number of carbonyl (C=O) groups is 1. The van der Waals surface area contributed by atoms with Crippen molar-refractivity contribution in [3.8, 4) is 11.3 Å². The minimum absolute atomic E-state index is 0.0719. The van der Waals surface area contributed by atoms with Gasteiger partial charge in [-0.05, 0) is 43.7 Å². The van der Waals surface area contributed by atoms with Gasteiger partial charge in [0.2, 0.25) is 5.91 Å². The van der Waals surface area contributed by atoms with Crippen LogP contribution in [0.25, 0.3) is 11.3 Å². The smallest absolute Gasteiger partial charge is 0.349 e. The average Bonchev–Trinajstić information content (AvgIpc) is 3.14. The van der Waals surface area contributed by atoms with E-state index in [4.69, 9.17) is 0 Å². The molecule has 1 amide bonds. The highest BCUT2D eigenvalue weighted by molar-refractivity contribution is 5.81. The molecular formula is C17H17F3N4O. The van der Waals surface area contributed by atoms with Crippen LogP contribution in [-0.2, 0) is 17.5 Å². The van der Waals surface area contributed by atoms with Gasteiger partial charge in [0, 0.05) is 18.0 Å². The number of aromatic nitrogens is 2. The summed E-state index contributed by atoms with van der Waals surface area (Å²) in [6, 6.07) is 5.52. The molecule has 1 fully saturated rings. The zero-order chi connectivity index (χ0) is 17.9. The lowest BCUT2D eigenvalue weighted by Crippen LogP contribution is -2.40. The first-order valence-corrected chi connectivity index (χ1v) is 7.93. The highest BCUT2D eigenvalue weighted by Gasteiger charge is 2.30. The van der Waals surface area contributed by atoms with Crippen LogP contribution in [0.2, 0.25) is 0 Å². The Hall–Kier alpha value is -2.48. The molecule has 3 heterocycles. The lowest BCUT2D eigenvalue weighted by molar-refractivity contribution is -0.137. The normalized spacial score (nSPS) is 17.5. The number of pyridine rings is 2. The van der Waals surface area contributed by atoms with Gasteiger partial charge >= 0.3 is 6.18 Å². The monoisotopic (exact) mass is 350 g/mol. The van der Waals surface area contributed by atoms with Crippen LogP contribution in [0.4, 0.5) is 13.2 Å². The summed E-state index contributed by atoms with van der Waals surface area (Å²) in [6.07, 6.45) is -0.263. The summed E-state index contributed by atoms with van der Waals surface area (Å²) in [5, 5.41) is 5.93. The lowest BCUT2D eigenvalue weighted by atomic mass is 10.1. The van der Waals surface area contributed by atoms with Gasteiger partial charge in [0.05, 0.1) is 29.5 Å². The number of nitrogens with one attached hydrogen (secondary N) is 2. The van der Waals surface area contributed by atoms with Gasteiger partial charge in [-0.15, -0.1) is 0 Å². The zero-order valence-electron chi connectivity index (χ0n) is 13.3. The van der Waals surface area contributed by atoms with Gasteiger partial charge in [0.15, 0.2) is 0 Å². The van der Waals surface area contributed by atoms with Gasteiger partial charge < -0.3 is 10.6 Å². The van der Waals surface area contributed by atoms with Crippen molar-refractivity contribution >= 4 is 5.91 Å². The maximum atomic E-state index is 12.6. The van der Waals surface area contributed by atoms with E-state index >= 15 is 0 Å². The summed E-state index contributed by atoms with van der Waals surface area (Å²) in [4.78, 5) is 20.0. The minimum atomic E-state index is -4.41. The first kappa shape index (κ1) is 17.3. The summed E-state index contributed by atoms with van der Waals surface area (Å²) in [7, 11) is 0. The lowest BCUT2D eigenvalue weighted by Gasteiger charge is -2.11. The Balaban J connectivity index is 1.67. The Morgan fingerprint density at radius 2 is 2.12 bits per heavy atom. The predicted molar refractivity (Wildman–Crippen MR) is 85.3 cm³/mol. The van der Waals surface area contributed by atoms with Gasteiger partial charge in [0.25, 0.3) is 0 Å². The third-order valence-corrected chi connectivity index (χ3v) is 4.02. The van der Waals surface area contributed by atoms with Gasteiger partial charge in [0.1, 0.15) is 0 Å². The molecule has 2 aromatic rings. The summed E-state index contributed by atoms with van der Waals surface area (Å²) in [6.45, 7) is 1.09. The third kappa shape index (κ3) is 4.33. The second-order valence-electron chi connectivity index (χ2n) is 5.83. The fourth-order valence-electron chi connectivity index (χ4n) is 2.68. The van der Waals surface area contributed by atoms with E-state index in [0.29, 0.717) is 17.0 Å². The number of hydrogen-bond donors (Lipinski definition) is 2. The van der Waals surface area contributed by atoms with Crippen molar-refractivity contribution in [2.75, 3.05) is 6.54 Å². The topological polar surface area (TPSA) is 66.9 Å². The van der Waals surface area contributed by atoms with Crippen molar-refractivity contribution in [1.82, 2.24) is 20.6 Å². The molecule has 0 aromatic carbocycles. The van der Waals surface area contributed by atoms with E-state index in [2.05, 4.69) is 20.6 Å². The summed E-state index contributed by atoms with van der Waals surface area (Å²) in [5.74, 6) is -0.0719. The second kappa shape index (κ2) is 7.18. The summed E-state index contributed by atoms with van der Waals surface area (Å²) >= 11 is 0. The molecule has 132 valence electrons. The van der Waals surface area contributed by atoms with Crippen molar-refractivity contribution in [2.24, 2.45) is 0 Å². The van der Waals surface area contributed by atoms with Crippen molar-refractivity contribution in [1.29, 1.82) is 0 Å². The summed E-state index contributed by atoms with van der Waals surface area (Å²) in [5.41, 5.74) is 0.889. The Morgan fingerprint density at radius 3 is 2.76 bits per heavy atom. The van der Waals surface area contributed by atoms with Crippen molar-refractivity contribution in [2.45, 2.75) is 31.6 Å². The number of rotatable bonds is 4. The molecule has 1 atom stereocenters. The molecule has 0 saturated carbocycles. The van der Waals surface area contributed by atoms with Crippen LogP contribution in [0.5, 0.6) is 0 Å². The van der Waals surface area contributed by atoms with Gasteiger partial charge in [-0.2, -0.15) is 13.2 Å². The Bertz CT molecular complexity index is 740. The molecule has 8 heteroatoms. The Kier molecular flexibility index (Phi) is 4.98. The average molecular weight is 350 g/mol. The molecule has 3 rings (SSSR count). The first-order chi connectivity index (χ1) is 11.9. The van der Waals surface area contributed by atoms with E-state index in [-0.39, 0.29) is 18.5 Å². The highest BCUT2D eigenvalue weighted by atomic mass is 19.4. The maximum absolute atomic E-state index is 12.6. The SMILES string of the molecule is O=C(NCc1cc(-c2ccc(C(F)(F)F)cn2)ccn1)C1CCCN1. The standard InChI is InChI=1S/C17H17F3N4O/c18-17(19,20)12-3-4-14(23-9-12)11-5-7-21-13(8-11)10-24-16(25)15-2-1-6-22-15/h3-5,7-9,15,22H,1-2,6,10H2,(H,24,25). The van der Waals surface area contributed by atoms with Gasteiger partial charge in [-0.3, -0.25) is 14.8 Å². The maximum Gasteiger partial charge on any atom is 0.417 e. The van der Waals surface area contributed by atoms with Crippen molar-refractivity contribution in [3.63, 3.8) is 0 Å². The third-order valence-electron chi connectivity index (χ3n) is 4.02. The quantitative estimate of drug-likeness (QED) is 0.889. The number of alkyl halides is 3. The first-order valence-electron chi connectivity index (χ1n) is 7.93. The minimum Gasteiger partial charge on any atom is -0.349 e. The van der Waals surface area contributed by atoms with Crippen LogP contribution in [0.15, 0.2) is 36.7 Å². The molecule has 0 aliphatic carbocycles. The van der Waals surface area contributed by atoms with Crippen molar-refractivity contribution < 1.29 is 18.0 Å². The molecule has 0 spiro atoms. The van der Waals surface area contributed by atoms with Crippen LogP contribution in [0.3, 0.4) is 0 Å². The molecule has 2 N–H and O–H groups in total. The number of nitrogens with zero attached hydrogens (tertiary/aromatic N) is 2. The highest BCUT2D eigenvalue weighted by Crippen LogP contribution is 2.29. The second-order valence-corrected chi connectivity index (χ2v) is 5.83. The largest absolute Gasteiger partial charge is 0.417 e. The van der Waals surface area contributed by atoms with E-state index in [0.717, 1.165) is 31.6 Å². The van der Waals surface area contributed by atoms with Gasteiger partial charge in [-0.1, -0.05) is 0 Å². The molecule has 1 unspecified atom stereocenters. The fourth-order valence-corrected chi connectivity index (χ4v) is 2.68. The fraction of sp³-hybridized carbons (Fsp3) is 0.353. The molecule has 5 nitrogen and oxygen atoms in total. The molecule has 1 aliphatic rings. The van der Waals surface area contributed by atoms with Crippen molar-refractivity contribution in [3.05, 3.63) is 47.9 Å². The predicted octanol–water partition coefficient (Wildman–Crippen LogP) is 2.53. The van der Waals surface area contributed by atoms with E-state index in [1.54, 1.807) is 18.3 Å². The molecule has 1 saturated heterocycles. The summed E-state index contributed by atoms with van der Waals surface area (Å²) < 4.78 is 37.8. The van der Waals surface area contributed by atoms with E-state index < -0.39 is 11.7 Å². The van der Waals surface area contributed by atoms with Gasteiger partial charge in [-0.25, -0.2) is 0 Å². The van der Waals surface area contributed by atoms with E-state index in [1.165, 1.54) is 6.07 Å². The van der Waals surface area contributed by atoms with Crippen LogP contribution < -0.4 is 10.6 Å². The van der Waals surface area contributed by atoms with Crippen LogP contribution in [0, 0.1) is 0 Å². The molecule has 0 bridgehead atoms.